The molecule has 1 aromatic rings. The predicted octanol–water partition coefficient (Wildman–Crippen LogP) is 3.36. The highest BCUT2D eigenvalue weighted by molar-refractivity contribution is 5.62. The van der Waals surface area contributed by atoms with Crippen LogP contribution in [0.2, 0.25) is 0 Å². The van der Waals surface area contributed by atoms with E-state index < -0.39 is 0 Å². The molecule has 1 aliphatic heterocycles. The Bertz CT molecular complexity index is 443. The molecule has 0 atom stereocenters. The number of anilines is 1. The lowest BCUT2D eigenvalue weighted by Gasteiger charge is -2.41. The summed E-state index contributed by atoms with van der Waals surface area (Å²) < 4.78 is 6.11. The molecule has 1 aliphatic rings. The van der Waals surface area contributed by atoms with Gasteiger partial charge in [-0.2, -0.15) is 0 Å². The minimum absolute atomic E-state index is 0.108. The van der Waals surface area contributed by atoms with E-state index in [-0.39, 0.29) is 5.60 Å². The lowest BCUT2D eigenvalue weighted by Crippen LogP contribution is -2.47. The van der Waals surface area contributed by atoms with Gasteiger partial charge in [0.15, 0.2) is 0 Å². The summed E-state index contributed by atoms with van der Waals surface area (Å²) in [7, 11) is 0. The highest BCUT2D eigenvalue weighted by atomic mass is 16.5. The van der Waals surface area contributed by atoms with Crippen molar-refractivity contribution in [2.45, 2.75) is 52.1 Å². The van der Waals surface area contributed by atoms with Crippen LogP contribution >= 0.6 is 0 Å². The third-order valence-electron chi connectivity index (χ3n) is 3.74. The summed E-state index contributed by atoms with van der Waals surface area (Å²) in [5, 5.41) is 0. The van der Waals surface area contributed by atoms with Gasteiger partial charge in [0.05, 0.1) is 12.2 Å². The normalized spacial score (nSPS) is 16.7. The van der Waals surface area contributed by atoms with Gasteiger partial charge in [-0.3, -0.25) is 0 Å². The largest absolute Gasteiger partial charge is 0.484 e. The van der Waals surface area contributed by atoms with Crippen LogP contribution < -0.4 is 15.4 Å². The van der Waals surface area contributed by atoms with Gasteiger partial charge in [0.2, 0.25) is 0 Å². The van der Waals surface area contributed by atoms with Gasteiger partial charge in [-0.25, -0.2) is 0 Å². The van der Waals surface area contributed by atoms with Gasteiger partial charge in [0.25, 0.3) is 0 Å². The van der Waals surface area contributed by atoms with Crippen molar-refractivity contribution >= 4 is 5.69 Å². The fourth-order valence-corrected chi connectivity index (χ4v) is 2.87. The van der Waals surface area contributed by atoms with Gasteiger partial charge in [0.1, 0.15) is 11.4 Å². The molecule has 112 valence electrons. The molecule has 0 unspecified atom stereocenters. The number of aryl methyl sites for hydroxylation is 1. The van der Waals surface area contributed by atoms with Gasteiger partial charge in [-0.1, -0.05) is 13.0 Å². The third kappa shape index (κ3) is 3.66. The lowest BCUT2D eigenvalue weighted by atomic mass is 10.0. The van der Waals surface area contributed by atoms with Crippen LogP contribution in [0.3, 0.4) is 0 Å². The van der Waals surface area contributed by atoms with Gasteiger partial charge in [-0.15, -0.1) is 0 Å². The van der Waals surface area contributed by atoms with Crippen molar-refractivity contribution in [3.63, 3.8) is 0 Å². The highest BCUT2D eigenvalue weighted by Crippen LogP contribution is 2.37. The van der Waals surface area contributed by atoms with Gasteiger partial charge >= 0.3 is 0 Å². The maximum absolute atomic E-state index is 6.11. The Kier molecular flexibility index (Phi) is 4.92. The molecule has 0 aliphatic carbocycles. The van der Waals surface area contributed by atoms with Crippen LogP contribution in [-0.2, 0) is 6.42 Å². The minimum Gasteiger partial charge on any atom is -0.484 e. The number of nitrogens with two attached hydrogens (primary N) is 1. The first-order chi connectivity index (χ1) is 9.55. The van der Waals surface area contributed by atoms with Crippen LogP contribution in [0.5, 0.6) is 5.75 Å². The Hall–Kier alpha value is -1.22. The van der Waals surface area contributed by atoms with E-state index in [0.29, 0.717) is 0 Å². The molecule has 0 fully saturated rings. The molecule has 20 heavy (non-hydrogen) atoms. The quantitative estimate of drug-likeness (QED) is 0.810. The summed E-state index contributed by atoms with van der Waals surface area (Å²) >= 11 is 0. The van der Waals surface area contributed by atoms with Crippen LogP contribution in [0.15, 0.2) is 18.2 Å². The molecular formula is C17H28N2O. The van der Waals surface area contributed by atoms with Crippen molar-refractivity contribution in [1.82, 2.24) is 0 Å². The zero-order valence-electron chi connectivity index (χ0n) is 13.1. The van der Waals surface area contributed by atoms with Crippen LogP contribution in [-0.4, -0.2) is 25.2 Å². The molecule has 0 amide bonds. The number of hydrogen-bond acceptors (Lipinski definition) is 3. The molecule has 2 N–H and O–H groups in total. The van der Waals surface area contributed by atoms with E-state index in [4.69, 9.17) is 10.5 Å². The number of hydrogen-bond donors (Lipinski definition) is 1. The van der Waals surface area contributed by atoms with Crippen molar-refractivity contribution in [2.24, 2.45) is 5.73 Å². The maximum Gasteiger partial charge on any atom is 0.143 e. The summed E-state index contributed by atoms with van der Waals surface area (Å²) in [6.07, 6.45) is 4.52. The standard InChI is InChI=1S/C17H28N2O/c1-4-11-19-13-17(2,3)20-16-9-8-14(12-15(16)19)7-5-6-10-18/h8-9,12H,4-7,10-11,13,18H2,1-3H3. The van der Waals surface area contributed by atoms with Gasteiger partial charge in [0, 0.05) is 6.54 Å². The predicted molar refractivity (Wildman–Crippen MR) is 85.6 cm³/mol. The van der Waals surface area contributed by atoms with Crippen molar-refractivity contribution in [1.29, 1.82) is 0 Å². The molecular weight excluding hydrogens is 248 g/mol. The van der Waals surface area contributed by atoms with Crippen molar-refractivity contribution in [3.05, 3.63) is 23.8 Å². The molecule has 3 nitrogen and oxygen atoms in total. The second kappa shape index (κ2) is 6.49. The number of nitrogens with zero attached hydrogens (tertiary/aromatic N) is 1. The number of rotatable bonds is 6. The topological polar surface area (TPSA) is 38.5 Å². The summed E-state index contributed by atoms with van der Waals surface area (Å²) in [5.74, 6) is 1.03. The smallest absolute Gasteiger partial charge is 0.143 e. The van der Waals surface area contributed by atoms with Crippen LogP contribution in [0, 0.1) is 0 Å². The third-order valence-corrected chi connectivity index (χ3v) is 3.74. The van der Waals surface area contributed by atoms with Crippen LogP contribution in [0.4, 0.5) is 5.69 Å². The summed E-state index contributed by atoms with van der Waals surface area (Å²) in [4.78, 5) is 2.46. The molecule has 2 rings (SSSR count). The van der Waals surface area contributed by atoms with Crippen molar-refractivity contribution in [2.75, 3.05) is 24.5 Å². The van der Waals surface area contributed by atoms with E-state index in [0.717, 1.165) is 51.1 Å². The Morgan fingerprint density at radius 1 is 1.30 bits per heavy atom. The molecule has 0 spiro atoms. The molecule has 1 aromatic carbocycles. The Balaban J connectivity index is 2.19. The maximum atomic E-state index is 6.11. The Labute approximate surface area is 123 Å². The minimum atomic E-state index is -0.108. The number of benzene rings is 1. The molecule has 0 saturated heterocycles. The molecule has 0 bridgehead atoms. The summed E-state index contributed by atoms with van der Waals surface area (Å²) in [5.41, 5.74) is 8.11. The lowest BCUT2D eigenvalue weighted by molar-refractivity contribution is 0.105. The van der Waals surface area contributed by atoms with E-state index in [9.17, 15) is 0 Å². The van der Waals surface area contributed by atoms with Crippen molar-refractivity contribution in [3.8, 4) is 5.75 Å². The number of fused-ring (bicyclic) bond motifs is 1. The van der Waals surface area contributed by atoms with Crippen LogP contribution in [0.25, 0.3) is 0 Å². The SMILES string of the molecule is CCCN1CC(C)(C)Oc2ccc(CCCCN)cc21. The van der Waals surface area contributed by atoms with E-state index in [1.807, 2.05) is 0 Å². The number of unbranched alkanes of at least 4 members (excludes halogenated alkanes) is 1. The second-order valence-electron chi connectivity index (χ2n) is 6.33. The fraction of sp³-hybridized carbons (Fsp3) is 0.647. The molecule has 3 heteroatoms. The molecule has 0 radical (unpaired) electrons. The summed E-state index contributed by atoms with van der Waals surface area (Å²) in [6, 6.07) is 6.63. The average molecular weight is 276 g/mol. The first-order valence-corrected chi connectivity index (χ1v) is 7.82. The van der Waals surface area contributed by atoms with E-state index in [2.05, 4.69) is 43.9 Å². The van der Waals surface area contributed by atoms with E-state index in [1.165, 1.54) is 11.3 Å². The Morgan fingerprint density at radius 2 is 2.10 bits per heavy atom. The number of ether oxygens (including phenoxy) is 1. The first-order valence-electron chi connectivity index (χ1n) is 7.82. The van der Waals surface area contributed by atoms with Crippen molar-refractivity contribution < 1.29 is 4.74 Å². The Morgan fingerprint density at radius 3 is 2.80 bits per heavy atom. The van der Waals surface area contributed by atoms with Gasteiger partial charge in [-0.05, 0) is 63.8 Å². The molecule has 1 heterocycles. The summed E-state index contributed by atoms with van der Waals surface area (Å²) in [6.45, 7) is 9.38. The average Bonchev–Trinajstić information content (AvgIpc) is 2.39. The van der Waals surface area contributed by atoms with E-state index in [1.54, 1.807) is 0 Å². The molecule has 0 saturated carbocycles. The second-order valence-corrected chi connectivity index (χ2v) is 6.33. The van der Waals surface area contributed by atoms with Gasteiger partial charge < -0.3 is 15.4 Å². The highest BCUT2D eigenvalue weighted by Gasteiger charge is 2.31. The monoisotopic (exact) mass is 276 g/mol. The van der Waals surface area contributed by atoms with E-state index >= 15 is 0 Å². The first kappa shape index (κ1) is 15.2. The zero-order valence-corrected chi connectivity index (χ0v) is 13.1. The molecule has 0 aromatic heterocycles. The zero-order chi connectivity index (χ0) is 14.6. The fourth-order valence-electron chi connectivity index (χ4n) is 2.87. The van der Waals surface area contributed by atoms with Crippen LogP contribution in [0.1, 0.15) is 45.6 Å².